The van der Waals surface area contributed by atoms with Crippen LogP contribution in [0.4, 0.5) is 11.4 Å². The third-order valence-electron chi connectivity index (χ3n) is 3.67. The Kier molecular flexibility index (Phi) is 5.38. The second-order valence-corrected chi connectivity index (χ2v) is 6.68. The van der Waals surface area contributed by atoms with Crippen LogP contribution < -0.4 is 10.6 Å². The molecule has 0 unspecified atom stereocenters. The van der Waals surface area contributed by atoms with Crippen molar-refractivity contribution < 1.29 is 9.59 Å². The van der Waals surface area contributed by atoms with Gasteiger partial charge in [-0.2, -0.15) is 0 Å². The number of aryl methyl sites for hydroxylation is 2. The summed E-state index contributed by atoms with van der Waals surface area (Å²) in [4.78, 5) is 33.6. The minimum atomic E-state index is -0.234. The molecule has 0 aliphatic carbocycles. The molecule has 2 N–H and O–H groups in total. The van der Waals surface area contributed by atoms with Gasteiger partial charge >= 0.3 is 0 Å². The number of aromatic nitrogens is 2. The van der Waals surface area contributed by atoms with Gasteiger partial charge in [0.25, 0.3) is 11.8 Å². The van der Waals surface area contributed by atoms with Crippen LogP contribution in [0, 0.1) is 6.92 Å². The van der Waals surface area contributed by atoms with E-state index >= 15 is 0 Å². The van der Waals surface area contributed by atoms with Gasteiger partial charge < -0.3 is 10.6 Å². The van der Waals surface area contributed by atoms with E-state index in [1.165, 1.54) is 11.3 Å². The molecule has 0 aliphatic rings. The second kappa shape index (κ2) is 7.88. The first-order valence-corrected chi connectivity index (χ1v) is 8.97. The Morgan fingerprint density at radius 2 is 1.69 bits per heavy atom. The number of amides is 2. The monoisotopic (exact) mass is 366 g/mol. The molecule has 2 heterocycles. The summed E-state index contributed by atoms with van der Waals surface area (Å²) in [5.74, 6) is -0.431. The zero-order valence-corrected chi connectivity index (χ0v) is 15.3. The average molecular weight is 366 g/mol. The number of carbonyl (C=O) groups is 2. The lowest BCUT2D eigenvalue weighted by atomic mass is 10.2. The van der Waals surface area contributed by atoms with Gasteiger partial charge in [0.15, 0.2) is 0 Å². The zero-order valence-electron chi connectivity index (χ0n) is 14.4. The summed E-state index contributed by atoms with van der Waals surface area (Å²) >= 11 is 1.40. The van der Waals surface area contributed by atoms with Crippen LogP contribution in [0.15, 0.2) is 48.8 Å². The molecule has 26 heavy (non-hydrogen) atoms. The number of thiazole rings is 1. The van der Waals surface area contributed by atoms with Crippen LogP contribution in [0.25, 0.3) is 0 Å². The van der Waals surface area contributed by atoms with E-state index in [-0.39, 0.29) is 11.8 Å². The molecule has 2 aromatic heterocycles. The summed E-state index contributed by atoms with van der Waals surface area (Å²) in [7, 11) is 0. The van der Waals surface area contributed by atoms with Gasteiger partial charge in [-0.05, 0) is 43.7 Å². The van der Waals surface area contributed by atoms with Crippen LogP contribution in [0.5, 0.6) is 0 Å². The maximum absolute atomic E-state index is 12.5. The van der Waals surface area contributed by atoms with Crippen molar-refractivity contribution in [1.82, 2.24) is 9.97 Å². The van der Waals surface area contributed by atoms with Crippen LogP contribution in [0.1, 0.15) is 37.7 Å². The quantitative estimate of drug-likeness (QED) is 0.717. The van der Waals surface area contributed by atoms with Gasteiger partial charge in [-0.15, -0.1) is 11.3 Å². The number of pyridine rings is 1. The molecule has 2 amide bonds. The Labute approximate surface area is 155 Å². The van der Waals surface area contributed by atoms with Crippen molar-refractivity contribution in [3.63, 3.8) is 0 Å². The first kappa shape index (κ1) is 17.8. The molecular formula is C19H18N4O2S. The number of hydrogen-bond donors (Lipinski definition) is 2. The molecule has 0 fully saturated rings. The normalized spacial score (nSPS) is 10.4. The van der Waals surface area contributed by atoms with Crippen LogP contribution in [0.3, 0.4) is 0 Å². The van der Waals surface area contributed by atoms with Crippen molar-refractivity contribution in [1.29, 1.82) is 0 Å². The zero-order chi connectivity index (χ0) is 18.5. The summed E-state index contributed by atoms with van der Waals surface area (Å²) in [6, 6.07) is 10.3. The standard InChI is InChI=1S/C19H18N4O2S/c1-3-16-21-12(2)17(26-16)19(25)23-15-6-4-5-14(11-15)22-18(24)13-7-9-20-10-8-13/h4-11H,3H2,1-2H3,(H,22,24)(H,23,25). The van der Waals surface area contributed by atoms with Crippen LogP contribution in [-0.4, -0.2) is 21.8 Å². The molecule has 1 aromatic carbocycles. The maximum atomic E-state index is 12.5. The summed E-state index contributed by atoms with van der Waals surface area (Å²) < 4.78 is 0. The van der Waals surface area contributed by atoms with Crippen molar-refractivity contribution in [3.8, 4) is 0 Å². The van der Waals surface area contributed by atoms with Crippen molar-refractivity contribution in [2.45, 2.75) is 20.3 Å². The smallest absolute Gasteiger partial charge is 0.267 e. The minimum Gasteiger partial charge on any atom is -0.322 e. The molecule has 0 aliphatic heterocycles. The Morgan fingerprint density at radius 3 is 2.31 bits per heavy atom. The lowest BCUT2D eigenvalue weighted by Gasteiger charge is -2.08. The van der Waals surface area contributed by atoms with E-state index in [9.17, 15) is 9.59 Å². The molecule has 0 bridgehead atoms. The van der Waals surface area contributed by atoms with E-state index in [1.807, 2.05) is 13.8 Å². The van der Waals surface area contributed by atoms with E-state index in [0.29, 0.717) is 21.8 Å². The molecule has 132 valence electrons. The fraction of sp³-hybridized carbons (Fsp3) is 0.158. The molecule has 0 atom stereocenters. The first-order valence-electron chi connectivity index (χ1n) is 8.16. The average Bonchev–Trinajstić information content (AvgIpc) is 3.04. The molecule has 0 spiro atoms. The lowest BCUT2D eigenvalue weighted by Crippen LogP contribution is -2.14. The predicted octanol–water partition coefficient (Wildman–Crippen LogP) is 3.91. The maximum Gasteiger partial charge on any atom is 0.267 e. The fourth-order valence-electron chi connectivity index (χ4n) is 2.38. The number of nitrogens with zero attached hydrogens (tertiary/aromatic N) is 2. The Balaban J connectivity index is 1.72. The molecule has 3 aromatic rings. The van der Waals surface area contributed by atoms with Gasteiger partial charge in [0.05, 0.1) is 10.7 Å². The topological polar surface area (TPSA) is 84.0 Å². The van der Waals surface area contributed by atoms with Crippen molar-refractivity contribution in [2.24, 2.45) is 0 Å². The summed E-state index contributed by atoms with van der Waals surface area (Å²) in [5, 5.41) is 6.60. The number of nitrogens with one attached hydrogen (secondary N) is 2. The predicted molar refractivity (Wildman–Crippen MR) is 103 cm³/mol. The van der Waals surface area contributed by atoms with Crippen molar-refractivity contribution in [2.75, 3.05) is 10.6 Å². The first-order chi connectivity index (χ1) is 12.6. The highest BCUT2D eigenvalue weighted by Crippen LogP contribution is 2.21. The van der Waals surface area contributed by atoms with E-state index in [1.54, 1.807) is 48.8 Å². The van der Waals surface area contributed by atoms with Gasteiger partial charge in [-0.3, -0.25) is 14.6 Å². The summed E-state index contributed by atoms with van der Waals surface area (Å²) in [6.07, 6.45) is 3.93. The van der Waals surface area contributed by atoms with Crippen LogP contribution in [0.2, 0.25) is 0 Å². The van der Waals surface area contributed by atoms with Crippen molar-refractivity contribution in [3.05, 3.63) is 69.9 Å². The molecule has 0 saturated carbocycles. The number of rotatable bonds is 5. The highest BCUT2D eigenvalue weighted by molar-refractivity contribution is 7.13. The Morgan fingerprint density at radius 1 is 1.04 bits per heavy atom. The second-order valence-electron chi connectivity index (χ2n) is 5.60. The number of benzene rings is 1. The molecule has 6 nitrogen and oxygen atoms in total. The van der Waals surface area contributed by atoms with Crippen LogP contribution in [-0.2, 0) is 6.42 Å². The van der Waals surface area contributed by atoms with Gasteiger partial charge in [0.1, 0.15) is 4.88 Å². The third kappa shape index (κ3) is 4.12. The van der Waals surface area contributed by atoms with Gasteiger partial charge in [-0.1, -0.05) is 13.0 Å². The molecular weight excluding hydrogens is 348 g/mol. The minimum absolute atomic E-state index is 0.197. The third-order valence-corrected chi connectivity index (χ3v) is 4.97. The lowest BCUT2D eigenvalue weighted by molar-refractivity contribution is 0.102. The van der Waals surface area contributed by atoms with Crippen LogP contribution >= 0.6 is 11.3 Å². The Hall–Kier alpha value is -3.06. The largest absolute Gasteiger partial charge is 0.322 e. The Bertz CT molecular complexity index is 938. The van der Waals surface area contributed by atoms with E-state index in [0.717, 1.165) is 17.1 Å². The van der Waals surface area contributed by atoms with E-state index in [2.05, 4.69) is 20.6 Å². The SMILES string of the molecule is CCc1nc(C)c(C(=O)Nc2cccc(NC(=O)c3ccncc3)c2)s1. The highest BCUT2D eigenvalue weighted by atomic mass is 32.1. The van der Waals surface area contributed by atoms with Gasteiger partial charge in [0, 0.05) is 29.3 Å². The van der Waals surface area contributed by atoms with Crippen molar-refractivity contribution >= 4 is 34.5 Å². The van der Waals surface area contributed by atoms with Gasteiger partial charge in [-0.25, -0.2) is 4.98 Å². The van der Waals surface area contributed by atoms with E-state index in [4.69, 9.17) is 0 Å². The molecule has 3 rings (SSSR count). The summed E-state index contributed by atoms with van der Waals surface area (Å²) in [6.45, 7) is 3.84. The number of carbonyl (C=O) groups excluding carboxylic acids is 2. The molecule has 0 radical (unpaired) electrons. The fourth-order valence-corrected chi connectivity index (χ4v) is 3.28. The molecule has 0 saturated heterocycles. The van der Waals surface area contributed by atoms with E-state index < -0.39 is 0 Å². The molecule has 7 heteroatoms. The number of anilines is 2. The summed E-state index contributed by atoms with van der Waals surface area (Å²) in [5.41, 5.74) is 2.45. The van der Waals surface area contributed by atoms with Gasteiger partial charge in [0.2, 0.25) is 0 Å². The highest BCUT2D eigenvalue weighted by Gasteiger charge is 2.15. The number of hydrogen-bond acceptors (Lipinski definition) is 5.